The van der Waals surface area contributed by atoms with E-state index in [2.05, 4.69) is 38.1 Å². The molecule has 1 N–H and O–H groups in total. The molecule has 14 heteroatoms. The van der Waals surface area contributed by atoms with E-state index in [0.29, 0.717) is 29.6 Å². The van der Waals surface area contributed by atoms with Crippen molar-refractivity contribution < 1.29 is 26.4 Å². The molecule has 3 aromatic rings. The summed E-state index contributed by atoms with van der Waals surface area (Å²) in [6, 6.07) is 7.03. The molecule has 0 atom stereocenters. The van der Waals surface area contributed by atoms with Gasteiger partial charge >= 0.3 is 6.18 Å². The number of alkyl halides is 3. The molecule has 0 aliphatic carbocycles. The Morgan fingerprint density at radius 1 is 1.07 bits per heavy atom. The average Bonchev–Trinajstić information content (AvgIpc) is 3.39. The van der Waals surface area contributed by atoms with Crippen molar-refractivity contribution in [2.75, 3.05) is 62.3 Å². The summed E-state index contributed by atoms with van der Waals surface area (Å²) in [5.41, 5.74) is 1.09. The van der Waals surface area contributed by atoms with Gasteiger partial charge in [-0.05, 0) is 42.8 Å². The van der Waals surface area contributed by atoms with Crippen molar-refractivity contribution in [3.63, 3.8) is 0 Å². The lowest BCUT2D eigenvalue weighted by molar-refractivity contribution is -0.137. The lowest BCUT2D eigenvalue weighted by atomic mass is 10.1. The van der Waals surface area contributed by atoms with Crippen LogP contribution in [0.4, 0.5) is 30.5 Å². The fourth-order valence-electron chi connectivity index (χ4n) is 4.98. The lowest BCUT2D eigenvalue weighted by Gasteiger charge is -2.35. The zero-order chi connectivity index (χ0) is 29.5. The highest BCUT2D eigenvalue weighted by atomic mass is 32.2. The zero-order valence-corrected chi connectivity index (χ0v) is 24.6. The number of nitrogens with one attached hydrogen (secondary N) is 1. The molecule has 1 saturated heterocycles. The van der Waals surface area contributed by atoms with Crippen molar-refractivity contribution in [3.8, 4) is 10.6 Å². The van der Waals surface area contributed by atoms with Gasteiger partial charge in [-0.25, -0.2) is 18.4 Å². The molecule has 0 spiro atoms. The molecule has 0 saturated carbocycles. The van der Waals surface area contributed by atoms with E-state index in [9.17, 15) is 26.4 Å². The van der Waals surface area contributed by atoms with E-state index in [1.54, 1.807) is 0 Å². The highest BCUT2D eigenvalue weighted by Crippen LogP contribution is 2.42. The van der Waals surface area contributed by atoms with Crippen molar-refractivity contribution in [2.45, 2.75) is 31.3 Å². The Bertz CT molecular complexity index is 1570. The molecule has 0 bridgehead atoms. The molecular formula is C27H31F3N6O3S2. The molecule has 2 aromatic heterocycles. The number of piperazine rings is 1. The van der Waals surface area contributed by atoms with Crippen LogP contribution in [0.3, 0.4) is 0 Å². The summed E-state index contributed by atoms with van der Waals surface area (Å²) in [7, 11) is -2.40. The second-order valence-corrected chi connectivity index (χ2v) is 13.2. The van der Waals surface area contributed by atoms with E-state index in [4.69, 9.17) is 0 Å². The van der Waals surface area contributed by atoms with Crippen molar-refractivity contribution in [1.29, 1.82) is 0 Å². The Kier molecular flexibility index (Phi) is 8.01. The Morgan fingerprint density at radius 2 is 1.80 bits per heavy atom. The smallest absolute Gasteiger partial charge is 0.369 e. The number of hydrogen-bond donors (Lipinski definition) is 1. The molecule has 4 heterocycles. The average molecular weight is 609 g/mol. The molecule has 1 fully saturated rings. The van der Waals surface area contributed by atoms with Crippen molar-refractivity contribution in [3.05, 3.63) is 46.5 Å². The van der Waals surface area contributed by atoms with Gasteiger partial charge in [0.05, 0.1) is 21.2 Å². The molecule has 5 rings (SSSR count). The maximum absolute atomic E-state index is 14.0. The summed E-state index contributed by atoms with van der Waals surface area (Å²) in [6.07, 6.45) is -3.44. The molecule has 1 aromatic carbocycles. The summed E-state index contributed by atoms with van der Waals surface area (Å²) >= 11 is 0.691. The second-order valence-electron chi connectivity index (χ2n) is 10.0. The molecule has 2 aliphatic heterocycles. The third-order valence-electron chi connectivity index (χ3n) is 7.50. The van der Waals surface area contributed by atoms with Gasteiger partial charge < -0.3 is 20.0 Å². The highest BCUT2D eigenvalue weighted by molar-refractivity contribution is 7.91. The minimum atomic E-state index is -4.80. The monoisotopic (exact) mass is 608 g/mol. The van der Waals surface area contributed by atoms with Gasteiger partial charge in [-0.2, -0.15) is 13.2 Å². The van der Waals surface area contributed by atoms with Gasteiger partial charge in [0.25, 0.3) is 5.91 Å². The van der Waals surface area contributed by atoms with E-state index < -0.39 is 33.2 Å². The van der Waals surface area contributed by atoms with Crippen LogP contribution in [0.5, 0.6) is 0 Å². The van der Waals surface area contributed by atoms with E-state index >= 15 is 0 Å². The fraction of sp³-hybridized carbons (Fsp3) is 0.444. The molecule has 1 amide bonds. The maximum Gasteiger partial charge on any atom is 0.420 e. The van der Waals surface area contributed by atoms with Gasteiger partial charge in [0.2, 0.25) is 5.95 Å². The molecule has 0 radical (unpaired) electrons. The van der Waals surface area contributed by atoms with E-state index in [1.807, 2.05) is 19.1 Å². The number of nitrogens with zero attached hydrogens (tertiary/aromatic N) is 5. The first kappa shape index (κ1) is 29.3. The second kappa shape index (κ2) is 11.2. The number of hydrogen-bond acceptors (Lipinski definition) is 9. The van der Waals surface area contributed by atoms with Gasteiger partial charge in [0.15, 0.2) is 9.84 Å². The highest BCUT2D eigenvalue weighted by Gasteiger charge is 2.38. The van der Waals surface area contributed by atoms with Crippen molar-refractivity contribution in [1.82, 2.24) is 19.8 Å². The normalized spacial score (nSPS) is 17.9. The topological polar surface area (TPSA) is 98.7 Å². The molecule has 2 aliphatic rings. The third kappa shape index (κ3) is 5.90. The van der Waals surface area contributed by atoms with Crippen LogP contribution in [0, 0.1) is 0 Å². The largest absolute Gasteiger partial charge is 0.420 e. The Hall–Kier alpha value is -3.23. The number of likely N-dealkylation sites (N-methyl/N-ethyl adjacent to an activating group) is 1. The van der Waals surface area contributed by atoms with Gasteiger partial charge in [0, 0.05) is 57.3 Å². The quantitative estimate of drug-likeness (QED) is 0.436. The van der Waals surface area contributed by atoms with E-state index in [-0.39, 0.29) is 32.9 Å². The number of aryl methyl sites for hydroxylation is 1. The van der Waals surface area contributed by atoms with Crippen LogP contribution in [0.1, 0.15) is 34.6 Å². The number of sulfone groups is 1. The number of aromatic nitrogens is 2. The number of carbonyl (C=O) groups is 1. The Balaban J connectivity index is 1.50. The van der Waals surface area contributed by atoms with Crippen LogP contribution in [0.2, 0.25) is 0 Å². The number of amides is 1. The van der Waals surface area contributed by atoms with Crippen LogP contribution in [-0.2, 0) is 22.4 Å². The first-order valence-corrected chi connectivity index (χ1v) is 15.8. The zero-order valence-electron chi connectivity index (χ0n) is 23.0. The number of benzene rings is 1. The van der Waals surface area contributed by atoms with E-state index in [0.717, 1.165) is 50.0 Å². The molecular weight excluding hydrogens is 577 g/mol. The minimum absolute atomic E-state index is 0.000766. The minimum Gasteiger partial charge on any atom is -0.369 e. The standard InChI is InChI=1S/C27H31F3N6O3S2/c1-4-17-14-18(36-10-8-35(5-2)9-11-36)6-7-20(17)32-26-31-16-19(27(28,29)30)23(33-26)21-15-22-24(40-21)25(37)34(3)12-13-41(22,38)39/h6-7,14-16H,4-5,8-13H2,1-3H3,(H,31,32,33). The van der Waals surface area contributed by atoms with Gasteiger partial charge in [0.1, 0.15) is 10.4 Å². The summed E-state index contributed by atoms with van der Waals surface area (Å²) in [4.78, 5) is 26.4. The fourth-order valence-corrected chi connectivity index (χ4v) is 8.02. The predicted octanol–water partition coefficient (Wildman–Crippen LogP) is 4.53. The lowest BCUT2D eigenvalue weighted by Crippen LogP contribution is -2.46. The molecule has 220 valence electrons. The molecule has 0 unspecified atom stereocenters. The van der Waals surface area contributed by atoms with Crippen LogP contribution in [-0.4, -0.2) is 86.2 Å². The molecule has 41 heavy (non-hydrogen) atoms. The van der Waals surface area contributed by atoms with Crippen LogP contribution in [0.15, 0.2) is 35.4 Å². The number of halogens is 3. The first-order chi connectivity index (χ1) is 19.4. The Morgan fingerprint density at radius 3 is 2.46 bits per heavy atom. The Labute approximate surface area is 240 Å². The van der Waals surface area contributed by atoms with Crippen molar-refractivity contribution >= 4 is 44.4 Å². The molecule has 9 nitrogen and oxygen atoms in total. The van der Waals surface area contributed by atoms with Crippen LogP contribution < -0.4 is 10.2 Å². The number of fused-ring (bicyclic) bond motifs is 1. The SMILES string of the molecule is CCc1cc(N2CCN(CC)CC2)ccc1Nc1ncc(C(F)(F)F)c(-c2cc3c(s2)C(=O)N(C)CCS3(=O)=O)n1. The summed E-state index contributed by atoms with van der Waals surface area (Å²) in [5.74, 6) is -0.936. The van der Waals surface area contributed by atoms with Crippen molar-refractivity contribution in [2.24, 2.45) is 0 Å². The van der Waals surface area contributed by atoms with E-state index in [1.165, 1.54) is 11.9 Å². The number of anilines is 3. The number of thiophene rings is 1. The first-order valence-electron chi connectivity index (χ1n) is 13.3. The predicted molar refractivity (Wildman–Crippen MR) is 153 cm³/mol. The number of carbonyl (C=O) groups excluding carboxylic acids is 1. The van der Waals surface area contributed by atoms with Crippen LogP contribution >= 0.6 is 11.3 Å². The third-order valence-corrected chi connectivity index (χ3v) is 10.5. The number of rotatable bonds is 6. The van der Waals surface area contributed by atoms with Gasteiger partial charge in [-0.1, -0.05) is 13.8 Å². The van der Waals surface area contributed by atoms with Gasteiger partial charge in [-0.15, -0.1) is 11.3 Å². The van der Waals surface area contributed by atoms with Crippen LogP contribution in [0.25, 0.3) is 10.6 Å². The maximum atomic E-state index is 14.0. The summed E-state index contributed by atoms with van der Waals surface area (Å²) in [6.45, 7) is 8.94. The summed E-state index contributed by atoms with van der Waals surface area (Å²) in [5, 5.41) is 3.06. The summed E-state index contributed by atoms with van der Waals surface area (Å²) < 4.78 is 67.7. The van der Waals surface area contributed by atoms with Gasteiger partial charge in [-0.3, -0.25) is 4.79 Å².